The van der Waals surface area contributed by atoms with Gasteiger partial charge in [-0.15, -0.1) is 0 Å². The highest BCUT2D eigenvalue weighted by molar-refractivity contribution is 5.94. The van der Waals surface area contributed by atoms with Gasteiger partial charge < -0.3 is 9.80 Å². The Morgan fingerprint density at radius 1 is 1.17 bits per heavy atom. The topological polar surface area (TPSA) is 82.2 Å². The van der Waals surface area contributed by atoms with Gasteiger partial charge in [-0.25, -0.2) is 4.98 Å². The summed E-state index contributed by atoms with van der Waals surface area (Å²) in [6.45, 7) is 3.28. The standard InChI is InChI=1S/C22H27N5O2/c28-19-8-10-22(14-27(19)12-16-2-3-16)9-1-11-26(13-22)21(29)18-6-4-17(5-7-18)20-23-15-24-25-20/h4-7,15-16H,1-3,8-14H2,(H,23,24,25)/t22-/m0/s1. The molecule has 1 aromatic heterocycles. The van der Waals surface area contributed by atoms with Crippen LogP contribution >= 0.6 is 0 Å². The fraction of sp³-hybridized carbons (Fsp3) is 0.545. The van der Waals surface area contributed by atoms with Gasteiger partial charge in [0.15, 0.2) is 5.82 Å². The van der Waals surface area contributed by atoms with Crippen molar-refractivity contribution in [2.75, 3.05) is 26.2 Å². The zero-order valence-electron chi connectivity index (χ0n) is 16.6. The fourth-order valence-electron chi connectivity index (χ4n) is 4.89. The Morgan fingerprint density at radius 2 is 2.00 bits per heavy atom. The van der Waals surface area contributed by atoms with E-state index in [0.717, 1.165) is 51.0 Å². The van der Waals surface area contributed by atoms with Crippen LogP contribution in [0.2, 0.25) is 0 Å². The van der Waals surface area contributed by atoms with Crippen molar-refractivity contribution in [2.24, 2.45) is 11.3 Å². The molecular weight excluding hydrogens is 366 g/mol. The summed E-state index contributed by atoms with van der Waals surface area (Å²) >= 11 is 0. The van der Waals surface area contributed by atoms with Crippen LogP contribution in [0.4, 0.5) is 0 Å². The number of aromatic amines is 1. The van der Waals surface area contributed by atoms with Crippen LogP contribution in [0, 0.1) is 11.3 Å². The highest BCUT2D eigenvalue weighted by Crippen LogP contribution is 2.41. The van der Waals surface area contributed by atoms with Crippen molar-refractivity contribution in [3.63, 3.8) is 0 Å². The number of piperidine rings is 2. The van der Waals surface area contributed by atoms with E-state index in [9.17, 15) is 9.59 Å². The molecule has 152 valence electrons. The average Bonchev–Trinajstić information content (AvgIpc) is 3.39. The molecule has 2 amide bonds. The summed E-state index contributed by atoms with van der Waals surface area (Å²) < 4.78 is 0. The van der Waals surface area contributed by atoms with E-state index in [1.54, 1.807) is 0 Å². The minimum atomic E-state index is 0.0660. The van der Waals surface area contributed by atoms with E-state index >= 15 is 0 Å². The predicted octanol–water partition coefficient (Wildman–Crippen LogP) is 2.73. The van der Waals surface area contributed by atoms with E-state index in [-0.39, 0.29) is 11.3 Å². The Morgan fingerprint density at radius 3 is 2.72 bits per heavy atom. The molecular formula is C22H27N5O2. The molecule has 2 aliphatic heterocycles. The summed E-state index contributed by atoms with van der Waals surface area (Å²) in [7, 11) is 0. The first-order chi connectivity index (χ1) is 14.1. The third-order valence-corrected chi connectivity index (χ3v) is 6.69. The zero-order valence-corrected chi connectivity index (χ0v) is 16.6. The lowest BCUT2D eigenvalue weighted by Gasteiger charge is -2.48. The molecule has 2 aromatic rings. The summed E-state index contributed by atoms with van der Waals surface area (Å²) in [5.41, 5.74) is 1.68. The number of benzene rings is 1. The fourth-order valence-corrected chi connectivity index (χ4v) is 4.89. The van der Waals surface area contributed by atoms with E-state index in [1.807, 2.05) is 29.2 Å². The first-order valence-corrected chi connectivity index (χ1v) is 10.6. The summed E-state index contributed by atoms with van der Waals surface area (Å²) in [5, 5.41) is 6.71. The highest BCUT2D eigenvalue weighted by atomic mass is 16.2. The van der Waals surface area contributed by atoms with Crippen molar-refractivity contribution in [3.05, 3.63) is 36.2 Å². The van der Waals surface area contributed by atoms with Crippen molar-refractivity contribution in [2.45, 2.75) is 38.5 Å². The molecule has 0 radical (unpaired) electrons. The monoisotopic (exact) mass is 393 g/mol. The van der Waals surface area contributed by atoms with Crippen LogP contribution in [0.5, 0.6) is 0 Å². The van der Waals surface area contributed by atoms with E-state index < -0.39 is 0 Å². The quantitative estimate of drug-likeness (QED) is 0.866. The maximum absolute atomic E-state index is 13.2. The number of carbonyl (C=O) groups excluding carboxylic acids is 2. The molecule has 3 heterocycles. The maximum atomic E-state index is 13.2. The van der Waals surface area contributed by atoms with E-state index in [2.05, 4.69) is 20.1 Å². The molecule has 7 nitrogen and oxygen atoms in total. The van der Waals surface area contributed by atoms with Crippen molar-refractivity contribution in [1.29, 1.82) is 0 Å². The van der Waals surface area contributed by atoms with Crippen molar-refractivity contribution in [3.8, 4) is 11.4 Å². The van der Waals surface area contributed by atoms with Crippen molar-refractivity contribution in [1.82, 2.24) is 25.0 Å². The molecule has 7 heteroatoms. The Hall–Kier alpha value is -2.70. The molecule has 1 atom stereocenters. The largest absolute Gasteiger partial charge is 0.342 e. The number of hydrogen-bond acceptors (Lipinski definition) is 4. The second-order valence-electron chi connectivity index (χ2n) is 8.96. The van der Waals surface area contributed by atoms with Crippen LogP contribution in [0.15, 0.2) is 30.6 Å². The zero-order chi connectivity index (χ0) is 19.8. The first kappa shape index (κ1) is 18.3. The number of carbonyl (C=O) groups is 2. The van der Waals surface area contributed by atoms with Gasteiger partial charge >= 0.3 is 0 Å². The maximum Gasteiger partial charge on any atom is 0.253 e. The summed E-state index contributed by atoms with van der Waals surface area (Å²) in [4.78, 5) is 33.8. The minimum Gasteiger partial charge on any atom is -0.342 e. The second kappa shape index (κ2) is 7.28. The molecule has 1 spiro atoms. The lowest BCUT2D eigenvalue weighted by Crippen LogP contribution is -2.55. The second-order valence-corrected chi connectivity index (χ2v) is 8.96. The van der Waals surface area contributed by atoms with Gasteiger partial charge in [-0.3, -0.25) is 14.7 Å². The minimum absolute atomic E-state index is 0.0660. The number of aromatic nitrogens is 3. The number of likely N-dealkylation sites (tertiary alicyclic amines) is 2. The van der Waals surface area contributed by atoms with Gasteiger partial charge in [0.05, 0.1) is 0 Å². The molecule has 2 saturated heterocycles. The van der Waals surface area contributed by atoms with Gasteiger partial charge in [-0.1, -0.05) is 12.1 Å². The average molecular weight is 393 g/mol. The molecule has 29 heavy (non-hydrogen) atoms. The summed E-state index contributed by atoms with van der Waals surface area (Å²) in [6.07, 6.45) is 7.63. The molecule has 1 aliphatic carbocycles. The van der Waals surface area contributed by atoms with Crippen LogP contribution in [-0.2, 0) is 4.79 Å². The molecule has 3 aliphatic rings. The molecule has 1 N–H and O–H groups in total. The van der Waals surface area contributed by atoms with Crippen LogP contribution in [0.25, 0.3) is 11.4 Å². The number of nitrogens with one attached hydrogen (secondary N) is 1. The van der Waals surface area contributed by atoms with Gasteiger partial charge in [0.2, 0.25) is 5.91 Å². The predicted molar refractivity (Wildman–Crippen MR) is 108 cm³/mol. The molecule has 1 saturated carbocycles. The van der Waals surface area contributed by atoms with Gasteiger partial charge in [-0.2, -0.15) is 5.10 Å². The van der Waals surface area contributed by atoms with E-state index in [1.165, 1.54) is 19.2 Å². The van der Waals surface area contributed by atoms with Crippen LogP contribution in [0.3, 0.4) is 0 Å². The molecule has 0 unspecified atom stereocenters. The van der Waals surface area contributed by atoms with Crippen LogP contribution in [0.1, 0.15) is 48.9 Å². The van der Waals surface area contributed by atoms with Crippen molar-refractivity contribution >= 4 is 11.8 Å². The third kappa shape index (κ3) is 3.78. The van der Waals surface area contributed by atoms with E-state index in [0.29, 0.717) is 29.6 Å². The van der Waals surface area contributed by atoms with Crippen molar-refractivity contribution < 1.29 is 9.59 Å². The summed E-state index contributed by atoms with van der Waals surface area (Å²) in [6, 6.07) is 7.55. The lowest BCUT2D eigenvalue weighted by molar-refractivity contribution is -0.139. The normalized spacial score (nSPS) is 24.9. The van der Waals surface area contributed by atoms with Crippen LogP contribution in [-0.4, -0.2) is 63.0 Å². The Kier molecular flexibility index (Phi) is 4.60. The number of nitrogens with zero attached hydrogens (tertiary/aromatic N) is 4. The Labute approximate surface area is 170 Å². The van der Waals surface area contributed by atoms with E-state index in [4.69, 9.17) is 0 Å². The molecule has 0 bridgehead atoms. The molecule has 5 rings (SSSR count). The number of H-pyrrole nitrogens is 1. The Bertz CT molecular complexity index is 890. The summed E-state index contributed by atoms with van der Waals surface area (Å²) in [5.74, 6) is 1.79. The van der Waals surface area contributed by atoms with Gasteiger partial charge in [0.1, 0.15) is 6.33 Å². The number of amides is 2. The Balaban J connectivity index is 1.28. The van der Waals surface area contributed by atoms with Crippen LogP contribution < -0.4 is 0 Å². The SMILES string of the molecule is O=C1CC[C@]2(CCCN(C(=O)c3ccc(-c4ncn[nH]4)cc3)C2)CN1CC1CC1. The first-order valence-electron chi connectivity index (χ1n) is 10.6. The third-order valence-electron chi connectivity index (χ3n) is 6.69. The smallest absolute Gasteiger partial charge is 0.253 e. The van der Waals surface area contributed by atoms with Gasteiger partial charge in [-0.05, 0) is 50.2 Å². The van der Waals surface area contributed by atoms with Gasteiger partial charge in [0.25, 0.3) is 5.91 Å². The van der Waals surface area contributed by atoms with Gasteiger partial charge in [0, 0.05) is 49.1 Å². The lowest BCUT2D eigenvalue weighted by atomic mass is 9.73. The number of hydrogen-bond donors (Lipinski definition) is 1. The number of rotatable bonds is 4. The molecule has 1 aromatic carbocycles. The molecule has 3 fully saturated rings. The highest BCUT2D eigenvalue weighted by Gasteiger charge is 2.43.